The molecule has 0 spiro atoms. The first kappa shape index (κ1) is 18.4. The van der Waals surface area contributed by atoms with Crippen molar-refractivity contribution in [2.24, 2.45) is 0 Å². The maximum Gasteiger partial charge on any atom is 0.263 e. The first-order chi connectivity index (χ1) is 11.9. The van der Waals surface area contributed by atoms with Crippen LogP contribution in [-0.4, -0.2) is 60.6 Å². The van der Waals surface area contributed by atoms with E-state index in [1.807, 2.05) is 5.32 Å². The number of hydrogen-bond acceptors (Lipinski definition) is 5. The minimum Gasteiger partial charge on any atom is -0.398 e. The lowest BCUT2D eigenvalue weighted by Gasteiger charge is -2.43. The topological polar surface area (TPSA) is 107 Å². The van der Waals surface area contributed by atoms with Crippen molar-refractivity contribution in [1.29, 1.82) is 0 Å². The van der Waals surface area contributed by atoms with Gasteiger partial charge in [-0.1, -0.05) is 10.9 Å². The van der Waals surface area contributed by atoms with E-state index in [0.717, 1.165) is 4.57 Å². The van der Waals surface area contributed by atoms with Crippen LogP contribution in [0.15, 0.2) is 10.9 Å². The van der Waals surface area contributed by atoms with E-state index in [4.69, 9.17) is 45.0 Å². The van der Waals surface area contributed by atoms with Crippen molar-refractivity contribution in [1.82, 2.24) is 14.9 Å². The van der Waals surface area contributed by atoms with Crippen LogP contribution in [0.2, 0.25) is 5.21 Å². The molecule has 1 aromatic heterocycles. The minimum atomic E-state index is -2.05. The van der Waals surface area contributed by atoms with Crippen molar-refractivity contribution in [3.05, 3.63) is 22.2 Å². The highest BCUT2D eigenvalue weighted by atomic mass is 16.2. The molecule has 1 aliphatic heterocycles. The predicted molar refractivity (Wildman–Crippen MR) is 102 cm³/mol. The lowest BCUT2D eigenvalue weighted by Crippen LogP contribution is -2.63. The number of carbonyl (C=O) groups excluding carboxylic acids is 2. The van der Waals surface area contributed by atoms with Gasteiger partial charge in [-0.2, -0.15) is 0 Å². The number of piperidine rings is 1. The van der Waals surface area contributed by atoms with Crippen molar-refractivity contribution >= 4 is 78.6 Å². The quantitative estimate of drug-likeness (QED) is 0.316. The summed E-state index contributed by atoms with van der Waals surface area (Å²) in [5, 5.41) is -0.0420. The highest BCUT2D eigenvalue weighted by molar-refractivity contribution is 6.54. The van der Waals surface area contributed by atoms with Gasteiger partial charge in [0.25, 0.3) is 5.56 Å². The summed E-state index contributed by atoms with van der Waals surface area (Å²) in [6.45, 7) is 1.44. The Bertz CT molecular complexity index is 1050. The number of nitrogens with two attached hydrogens (primary N) is 1. The van der Waals surface area contributed by atoms with Gasteiger partial charge >= 0.3 is 0 Å². The van der Waals surface area contributed by atoms with Crippen molar-refractivity contribution in [3.63, 3.8) is 0 Å². The fourth-order valence-electron chi connectivity index (χ4n) is 3.12. The maximum absolute atomic E-state index is 13.1. The SMILES string of the molecule is [B]c1cc(N)c2c(=O)n(C3([B])CC([B])([B])C(=O)NC3=O)c(C)nc2c1[B]. The number of aryl methyl sites for hydroxylation is 1. The van der Waals surface area contributed by atoms with E-state index in [-0.39, 0.29) is 33.3 Å². The Morgan fingerprint density at radius 2 is 1.81 bits per heavy atom. The normalized spacial score (nSPS) is 22.3. The third-order valence-electron chi connectivity index (χ3n) is 4.42. The largest absolute Gasteiger partial charge is 0.398 e. The van der Waals surface area contributed by atoms with Gasteiger partial charge in [0.2, 0.25) is 11.8 Å². The first-order valence-electron chi connectivity index (χ1n) is 7.50. The number of carbonyl (C=O) groups is 2. The molecule has 1 atom stereocenters. The summed E-state index contributed by atoms with van der Waals surface area (Å²) < 4.78 is 0.900. The van der Waals surface area contributed by atoms with Crippen molar-refractivity contribution in [3.8, 4) is 0 Å². The monoisotopic (exact) mass is 336 g/mol. The number of nitrogens with one attached hydrogen (secondary N) is 1. The molecule has 118 valence electrons. The lowest BCUT2D eigenvalue weighted by atomic mass is 9.45. The number of aromatic nitrogens is 2. The van der Waals surface area contributed by atoms with Crippen LogP contribution in [0.5, 0.6) is 0 Å². The van der Waals surface area contributed by atoms with Gasteiger partial charge in [-0.25, -0.2) is 4.98 Å². The molecule has 2 aromatic rings. The Hall–Kier alpha value is -2.38. The highest BCUT2D eigenvalue weighted by Gasteiger charge is 2.49. The van der Waals surface area contributed by atoms with Gasteiger partial charge in [0, 0.05) is 5.69 Å². The van der Waals surface area contributed by atoms with Gasteiger partial charge < -0.3 is 5.73 Å². The summed E-state index contributed by atoms with van der Waals surface area (Å²) in [4.78, 5) is 41.5. The Balaban J connectivity index is 2.38. The van der Waals surface area contributed by atoms with E-state index >= 15 is 0 Å². The molecule has 1 aliphatic rings. The first-order valence-corrected chi connectivity index (χ1v) is 7.50. The van der Waals surface area contributed by atoms with Crippen LogP contribution in [0, 0.1) is 6.92 Å². The molecule has 12 heteroatoms. The molecule has 1 unspecified atom stereocenters. The minimum absolute atomic E-state index is 0.0144. The van der Waals surface area contributed by atoms with Crippen LogP contribution in [0.25, 0.3) is 10.9 Å². The molecule has 3 rings (SSSR count). The Labute approximate surface area is 155 Å². The molecule has 0 bridgehead atoms. The highest BCUT2D eigenvalue weighted by Crippen LogP contribution is 2.36. The van der Waals surface area contributed by atoms with Gasteiger partial charge in [-0.15, -0.1) is 0 Å². The third kappa shape index (κ3) is 2.42. The predicted octanol–water partition coefficient (Wildman–Crippen LogP) is -3.80. The summed E-state index contributed by atoms with van der Waals surface area (Å²) in [5.74, 6) is -1.80. The second-order valence-electron chi connectivity index (χ2n) is 6.42. The number of amides is 2. The van der Waals surface area contributed by atoms with E-state index < -0.39 is 34.4 Å². The number of rotatable bonds is 1. The van der Waals surface area contributed by atoms with Gasteiger partial charge in [-0.3, -0.25) is 24.3 Å². The van der Waals surface area contributed by atoms with Gasteiger partial charge in [-0.05, 0) is 24.6 Å². The second-order valence-corrected chi connectivity index (χ2v) is 6.42. The molecule has 7 nitrogen and oxygen atoms in total. The fraction of sp³-hybridized carbons (Fsp3) is 0.286. The van der Waals surface area contributed by atoms with E-state index in [0.29, 0.717) is 0 Å². The Kier molecular flexibility index (Phi) is 3.94. The molecule has 0 aliphatic carbocycles. The number of hydrogen-bond donors (Lipinski definition) is 2. The standard InChI is InChI=1S/C14H9B5N4O3/c1-4-21-9-7(6(20)2-5(15)8(9)16)10(24)23(4)14(19)3-13(17,18)11(25)22-12(14)26/h2H,3,20H2,1H3,(H,22,25,26). The number of nitrogens with zero attached hydrogens (tertiary/aromatic N) is 2. The van der Waals surface area contributed by atoms with Crippen molar-refractivity contribution in [2.45, 2.75) is 24.0 Å². The molecule has 3 N–H and O–H groups in total. The zero-order chi connectivity index (χ0) is 19.6. The van der Waals surface area contributed by atoms with Crippen LogP contribution in [0.4, 0.5) is 5.69 Å². The van der Waals surface area contributed by atoms with Crippen LogP contribution < -0.4 is 27.5 Å². The molecule has 1 fully saturated rings. The molecule has 10 radical (unpaired) electrons. The second kappa shape index (κ2) is 5.56. The molecular weight excluding hydrogens is 326 g/mol. The summed E-state index contributed by atoms with van der Waals surface area (Å²) in [5.41, 5.74) is 3.44. The van der Waals surface area contributed by atoms with Crippen molar-refractivity contribution in [2.75, 3.05) is 5.73 Å². The molecule has 2 amide bonds. The average molecular weight is 335 g/mol. The lowest BCUT2D eigenvalue weighted by molar-refractivity contribution is -0.138. The number of anilines is 1. The van der Waals surface area contributed by atoms with Gasteiger partial charge in [0.05, 0.1) is 32.0 Å². The smallest absolute Gasteiger partial charge is 0.263 e. The van der Waals surface area contributed by atoms with E-state index in [1.165, 1.54) is 13.0 Å². The summed E-state index contributed by atoms with van der Waals surface area (Å²) in [7, 11) is 29.3. The van der Waals surface area contributed by atoms with Gasteiger partial charge in [0.15, 0.2) is 0 Å². The Morgan fingerprint density at radius 3 is 2.42 bits per heavy atom. The van der Waals surface area contributed by atoms with E-state index in [9.17, 15) is 14.4 Å². The number of imide groups is 1. The number of nitrogen functional groups attached to an aromatic ring is 1. The fourth-order valence-corrected chi connectivity index (χ4v) is 3.12. The molecule has 1 aromatic carbocycles. The third-order valence-corrected chi connectivity index (χ3v) is 4.42. The summed E-state index contributed by atoms with van der Waals surface area (Å²) in [6, 6.07) is 1.31. The molecule has 2 heterocycles. The van der Waals surface area contributed by atoms with Crippen LogP contribution in [0.1, 0.15) is 12.2 Å². The zero-order valence-electron chi connectivity index (χ0n) is 13.9. The zero-order valence-corrected chi connectivity index (χ0v) is 13.9. The van der Waals surface area contributed by atoms with Gasteiger partial charge in [0.1, 0.15) is 29.4 Å². The van der Waals surface area contributed by atoms with Crippen molar-refractivity contribution < 1.29 is 9.59 Å². The molecule has 0 saturated carbocycles. The molecular formula is C14H9B5N4O3. The molecule has 26 heavy (non-hydrogen) atoms. The van der Waals surface area contributed by atoms with E-state index in [2.05, 4.69) is 4.98 Å². The summed E-state index contributed by atoms with van der Waals surface area (Å²) in [6.07, 6.45) is -0.525. The van der Waals surface area contributed by atoms with E-state index in [1.54, 1.807) is 0 Å². The maximum atomic E-state index is 13.1. The number of fused-ring (bicyclic) bond motifs is 1. The molecule has 1 saturated heterocycles. The van der Waals surface area contributed by atoms with Crippen LogP contribution in [0.3, 0.4) is 0 Å². The average Bonchev–Trinajstić information content (AvgIpc) is 2.50. The van der Waals surface area contributed by atoms with Crippen LogP contribution in [-0.2, 0) is 15.0 Å². The summed E-state index contributed by atoms with van der Waals surface area (Å²) >= 11 is 0. The van der Waals surface area contributed by atoms with Crippen LogP contribution >= 0.6 is 0 Å². The Morgan fingerprint density at radius 1 is 1.19 bits per heavy atom. The number of benzene rings is 1.